The van der Waals surface area contributed by atoms with Crippen LogP contribution in [0.1, 0.15) is 34.2 Å². The summed E-state index contributed by atoms with van der Waals surface area (Å²) in [6.45, 7) is -0.0539. The average Bonchev–Trinajstić information content (AvgIpc) is 3.19. The minimum absolute atomic E-state index is 0.0751. The van der Waals surface area contributed by atoms with Crippen molar-refractivity contribution in [2.75, 3.05) is 13.5 Å². The molecule has 3 aromatic rings. The highest BCUT2D eigenvalue weighted by atomic mass is 19.1. The summed E-state index contributed by atoms with van der Waals surface area (Å²) in [4.78, 5) is 16.8. The van der Waals surface area contributed by atoms with E-state index in [1.165, 1.54) is 36.5 Å². The van der Waals surface area contributed by atoms with Gasteiger partial charge in [-0.05, 0) is 29.8 Å². The summed E-state index contributed by atoms with van der Waals surface area (Å²) in [5, 5.41) is 6.84. The summed E-state index contributed by atoms with van der Waals surface area (Å²) >= 11 is 0. The van der Waals surface area contributed by atoms with Crippen molar-refractivity contribution in [1.82, 2.24) is 20.1 Å². The minimum atomic E-state index is -1.20. The third-order valence-corrected chi connectivity index (χ3v) is 4.58. The molecule has 0 saturated carbocycles. The standard InChI is InChI=1S/C20H17F3N4O3/c21-11-30-16-5-4-12(9-14(16)23)18(19-13(22)3-1-6-24-19)25-20(28)15-10-17-27(26-15)7-2-8-29-17/h1,3-6,9-10,18H,2,7-8,11H2,(H,25,28)/t18-/m0/s1. The Morgan fingerprint density at radius 3 is 2.87 bits per heavy atom. The van der Waals surface area contributed by atoms with Gasteiger partial charge in [0.1, 0.15) is 11.5 Å². The van der Waals surface area contributed by atoms with E-state index in [0.717, 1.165) is 12.5 Å². The number of hydrogen-bond donors (Lipinski definition) is 1. The fraction of sp³-hybridized carbons (Fsp3) is 0.250. The number of nitrogens with one attached hydrogen (secondary N) is 1. The normalized spacial score (nSPS) is 13.8. The number of amides is 1. The van der Waals surface area contributed by atoms with Crippen LogP contribution in [0.2, 0.25) is 0 Å². The number of aryl methyl sites for hydroxylation is 1. The van der Waals surface area contributed by atoms with Crippen LogP contribution in [0.15, 0.2) is 42.6 Å². The van der Waals surface area contributed by atoms with Crippen LogP contribution in [-0.4, -0.2) is 34.1 Å². The number of aromatic nitrogens is 3. The van der Waals surface area contributed by atoms with Gasteiger partial charge in [-0.1, -0.05) is 6.07 Å². The summed E-state index contributed by atoms with van der Waals surface area (Å²) in [5.41, 5.74) is 0.167. The average molecular weight is 418 g/mol. The summed E-state index contributed by atoms with van der Waals surface area (Å²) in [6, 6.07) is 6.58. The van der Waals surface area contributed by atoms with Gasteiger partial charge in [-0.2, -0.15) is 5.10 Å². The first-order valence-electron chi connectivity index (χ1n) is 9.17. The van der Waals surface area contributed by atoms with Crippen LogP contribution in [0.5, 0.6) is 11.6 Å². The summed E-state index contributed by atoms with van der Waals surface area (Å²) < 4.78 is 52.7. The maximum Gasteiger partial charge on any atom is 0.272 e. The second kappa shape index (κ2) is 8.44. The molecule has 1 aromatic carbocycles. The molecular weight excluding hydrogens is 401 g/mol. The molecule has 0 unspecified atom stereocenters. The second-order valence-corrected chi connectivity index (χ2v) is 6.51. The Hall–Kier alpha value is -3.56. The van der Waals surface area contributed by atoms with E-state index < -0.39 is 30.4 Å². The van der Waals surface area contributed by atoms with Gasteiger partial charge in [-0.3, -0.25) is 9.78 Å². The van der Waals surface area contributed by atoms with Crippen LogP contribution in [0, 0.1) is 11.6 Å². The first kappa shape index (κ1) is 19.7. The van der Waals surface area contributed by atoms with Gasteiger partial charge in [0.25, 0.3) is 5.91 Å². The Kier molecular flexibility index (Phi) is 5.55. The van der Waals surface area contributed by atoms with E-state index in [1.54, 1.807) is 4.68 Å². The highest BCUT2D eigenvalue weighted by Crippen LogP contribution is 2.28. The Labute approximate surface area is 169 Å². The van der Waals surface area contributed by atoms with Gasteiger partial charge in [-0.15, -0.1) is 0 Å². The van der Waals surface area contributed by atoms with Gasteiger partial charge in [-0.25, -0.2) is 17.9 Å². The van der Waals surface area contributed by atoms with Gasteiger partial charge in [0.2, 0.25) is 12.7 Å². The molecule has 1 N–H and O–H groups in total. The molecule has 0 saturated heterocycles. The lowest BCUT2D eigenvalue weighted by Gasteiger charge is -2.19. The van der Waals surface area contributed by atoms with Crippen molar-refractivity contribution in [3.05, 3.63) is 71.2 Å². The van der Waals surface area contributed by atoms with Crippen LogP contribution in [0.3, 0.4) is 0 Å². The molecule has 4 rings (SSSR count). The van der Waals surface area contributed by atoms with Crippen LogP contribution in [-0.2, 0) is 6.54 Å². The van der Waals surface area contributed by atoms with Crippen LogP contribution in [0.4, 0.5) is 13.2 Å². The lowest BCUT2D eigenvalue weighted by Crippen LogP contribution is -2.31. The number of rotatable bonds is 6. The molecule has 156 valence electrons. The molecule has 1 aliphatic rings. The number of carbonyl (C=O) groups is 1. The van der Waals surface area contributed by atoms with Crippen molar-refractivity contribution < 1.29 is 27.4 Å². The molecule has 7 nitrogen and oxygen atoms in total. The number of hydrogen-bond acceptors (Lipinski definition) is 5. The van der Waals surface area contributed by atoms with Gasteiger partial charge >= 0.3 is 0 Å². The maximum atomic E-state index is 14.4. The van der Waals surface area contributed by atoms with Crippen molar-refractivity contribution in [3.63, 3.8) is 0 Å². The molecule has 3 heterocycles. The summed E-state index contributed by atoms with van der Waals surface area (Å²) in [6.07, 6.45) is 2.13. The third kappa shape index (κ3) is 3.93. The topological polar surface area (TPSA) is 78.3 Å². The number of alkyl halides is 1. The molecule has 1 amide bonds. The number of carbonyl (C=O) groups excluding carboxylic acids is 1. The Morgan fingerprint density at radius 2 is 2.13 bits per heavy atom. The zero-order valence-electron chi connectivity index (χ0n) is 15.6. The lowest BCUT2D eigenvalue weighted by atomic mass is 10.0. The largest absolute Gasteiger partial charge is 0.478 e. The number of benzene rings is 1. The van der Waals surface area contributed by atoms with E-state index in [-0.39, 0.29) is 22.7 Å². The zero-order valence-corrected chi connectivity index (χ0v) is 15.6. The molecule has 0 bridgehead atoms. The fourth-order valence-corrected chi connectivity index (χ4v) is 3.18. The van der Waals surface area contributed by atoms with Crippen LogP contribution >= 0.6 is 0 Å². The molecule has 0 radical (unpaired) electrons. The van der Waals surface area contributed by atoms with E-state index >= 15 is 0 Å². The molecule has 10 heteroatoms. The number of fused-ring (bicyclic) bond motifs is 1. The first-order chi connectivity index (χ1) is 14.6. The summed E-state index contributed by atoms with van der Waals surface area (Å²) in [7, 11) is 0. The van der Waals surface area contributed by atoms with Crippen LogP contribution in [0.25, 0.3) is 0 Å². The molecular formula is C20H17F3N4O3. The first-order valence-corrected chi connectivity index (χ1v) is 9.17. The highest BCUT2D eigenvalue weighted by Gasteiger charge is 2.26. The fourth-order valence-electron chi connectivity index (χ4n) is 3.18. The van der Waals surface area contributed by atoms with Crippen LogP contribution < -0.4 is 14.8 Å². The van der Waals surface area contributed by atoms with E-state index in [0.29, 0.717) is 19.0 Å². The number of pyridine rings is 1. The Balaban J connectivity index is 1.67. The maximum absolute atomic E-state index is 14.4. The Morgan fingerprint density at radius 1 is 1.27 bits per heavy atom. The van der Waals surface area contributed by atoms with E-state index in [4.69, 9.17) is 4.74 Å². The van der Waals surface area contributed by atoms with Crippen molar-refractivity contribution in [2.24, 2.45) is 0 Å². The molecule has 2 aromatic heterocycles. The lowest BCUT2D eigenvalue weighted by molar-refractivity contribution is 0.0935. The summed E-state index contributed by atoms with van der Waals surface area (Å²) in [5.74, 6) is -1.98. The van der Waals surface area contributed by atoms with Crippen molar-refractivity contribution in [1.29, 1.82) is 0 Å². The Bertz CT molecular complexity index is 1050. The zero-order chi connectivity index (χ0) is 21.1. The van der Waals surface area contributed by atoms with E-state index in [9.17, 15) is 18.0 Å². The predicted molar refractivity (Wildman–Crippen MR) is 98.8 cm³/mol. The molecule has 1 atom stereocenters. The third-order valence-electron chi connectivity index (χ3n) is 4.58. The van der Waals surface area contributed by atoms with Gasteiger partial charge < -0.3 is 14.8 Å². The molecule has 0 spiro atoms. The van der Waals surface area contributed by atoms with Gasteiger partial charge in [0.15, 0.2) is 17.3 Å². The smallest absolute Gasteiger partial charge is 0.272 e. The predicted octanol–water partition coefficient (Wildman–Crippen LogP) is 3.16. The molecule has 0 aliphatic carbocycles. The van der Waals surface area contributed by atoms with E-state index in [2.05, 4.69) is 20.1 Å². The monoisotopic (exact) mass is 418 g/mol. The number of halogens is 3. The van der Waals surface area contributed by atoms with Gasteiger partial charge in [0, 0.05) is 25.2 Å². The van der Waals surface area contributed by atoms with Crippen molar-refractivity contribution >= 4 is 5.91 Å². The number of nitrogens with zero attached hydrogens (tertiary/aromatic N) is 3. The molecule has 30 heavy (non-hydrogen) atoms. The molecule has 0 fully saturated rings. The quantitative estimate of drug-likeness (QED) is 0.665. The van der Waals surface area contributed by atoms with Crippen molar-refractivity contribution in [2.45, 2.75) is 19.0 Å². The molecule has 1 aliphatic heterocycles. The SMILES string of the molecule is O=C(N[C@@H](c1ccc(OCF)c(F)c1)c1ncccc1F)c1cc2n(n1)CCCO2. The second-order valence-electron chi connectivity index (χ2n) is 6.51. The van der Waals surface area contributed by atoms with Gasteiger partial charge in [0.05, 0.1) is 12.6 Å². The number of ether oxygens (including phenoxy) is 2. The minimum Gasteiger partial charge on any atom is -0.478 e. The van der Waals surface area contributed by atoms with Crippen molar-refractivity contribution in [3.8, 4) is 11.6 Å². The van der Waals surface area contributed by atoms with E-state index in [1.807, 2.05) is 0 Å². The highest BCUT2D eigenvalue weighted by molar-refractivity contribution is 5.93.